The quantitative estimate of drug-likeness (QED) is 0.757. The molecule has 1 fully saturated rings. The Kier molecular flexibility index (Phi) is 3.44. The van der Waals surface area contributed by atoms with Crippen molar-refractivity contribution >= 4 is 5.91 Å². The lowest BCUT2D eigenvalue weighted by Gasteiger charge is -2.29. The molecule has 88 valence electrons. The van der Waals surface area contributed by atoms with E-state index in [0.717, 1.165) is 25.9 Å². The maximum Gasteiger partial charge on any atom is 0.227 e. The van der Waals surface area contributed by atoms with Crippen LogP contribution in [-0.2, 0) is 4.79 Å². The number of amides is 1. The Morgan fingerprint density at radius 1 is 1.47 bits per heavy atom. The smallest absolute Gasteiger partial charge is 0.227 e. The topological polar surface area (TPSA) is 40.5 Å². The van der Waals surface area contributed by atoms with Crippen LogP contribution >= 0.6 is 0 Å². The number of aliphatic hydroxyl groups excluding tert-OH is 1. The van der Waals surface area contributed by atoms with Crippen LogP contribution in [0.1, 0.15) is 40.5 Å². The highest BCUT2D eigenvalue weighted by Gasteiger charge is 2.40. The average molecular weight is 213 g/mol. The van der Waals surface area contributed by atoms with Crippen LogP contribution in [0.2, 0.25) is 0 Å². The van der Waals surface area contributed by atoms with E-state index in [-0.39, 0.29) is 23.3 Å². The van der Waals surface area contributed by atoms with E-state index >= 15 is 0 Å². The molecule has 1 aliphatic heterocycles. The van der Waals surface area contributed by atoms with Crippen molar-refractivity contribution in [1.82, 2.24) is 4.90 Å². The molecule has 1 amide bonds. The van der Waals surface area contributed by atoms with E-state index in [1.165, 1.54) is 0 Å². The van der Waals surface area contributed by atoms with Crippen molar-refractivity contribution in [2.75, 3.05) is 19.7 Å². The van der Waals surface area contributed by atoms with Gasteiger partial charge in [0.25, 0.3) is 0 Å². The fraction of sp³-hybridized carbons (Fsp3) is 0.917. The second-order valence-electron chi connectivity index (χ2n) is 5.74. The molecule has 0 bridgehead atoms. The van der Waals surface area contributed by atoms with Gasteiger partial charge in [-0.1, -0.05) is 27.7 Å². The molecule has 15 heavy (non-hydrogen) atoms. The minimum absolute atomic E-state index is 0.0408. The van der Waals surface area contributed by atoms with E-state index in [2.05, 4.69) is 6.92 Å². The molecular weight excluding hydrogens is 190 g/mol. The summed E-state index contributed by atoms with van der Waals surface area (Å²) in [6, 6.07) is 0. The fourth-order valence-corrected chi connectivity index (χ4v) is 2.11. The molecular formula is C12H23NO2. The van der Waals surface area contributed by atoms with E-state index in [0.29, 0.717) is 0 Å². The Labute approximate surface area is 92.5 Å². The maximum absolute atomic E-state index is 12.0. The summed E-state index contributed by atoms with van der Waals surface area (Å²) in [5.74, 6) is 0.200. The minimum atomic E-state index is -0.306. The Balaban J connectivity index is 2.68. The summed E-state index contributed by atoms with van der Waals surface area (Å²) in [6.07, 6.45) is 1.87. The van der Waals surface area contributed by atoms with Gasteiger partial charge >= 0.3 is 0 Å². The van der Waals surface area contributed by atoms with Gasteiger partial charge < -0.3 is 10.0 Å². The molecule has 0 aromatic heterocycles. The van der Waals surface area contributed by atoms with Crippen LogP contribution in [0.15, 0.2) is 0 Å². The van der Waals surface area contributed by atoms with Gasteiger partial charge in [-0.2, -0.15) is 0 Å². The van der Waals surface area contributed by atoms with Gasteiger partial charge in [0.15, 0.2) is 0 Å². The monoisotopic (exact) mass is 213 g/mol. The van der Waals surface area contributed by atoms with Crippen LogP contribution in [0.5, 0.6) is 0 Å². The zero-order chi connectivity index (χ0) is 11.7. The molecule has 1 heterocycles. The summed E-state index contributed by atoms with van der Waals surface area (Å²) in [5, 5.41) is 9.38. The van der Waals surface area contributed by atoms with Crippen molar-refractivity contribution in [2.24, 2.45) is 10.8 Å². The highest BCUT2D eigenvalue weighted by Crippen LogP contribution is 2.35. The third-order valence-corrected chi connectivity index (χ3v) is 3.45. The second-order valence-corrected chi connectivity index (χ2v) is 5.74. The normalized spacial score (nSPS) is 27.1. The number of hydrogen-bond donors (Lipinski definition) is 1. The number of rotatable bonds is 2. The number of aliphatic hydroxyl groups is 1. The highest BCUT2D eigenvalue weighted by molar-refractivity contribution is 5.81. The largest absolute Gasteiger partial charge is 0.396 e. The fourth-order valence-electron chi connectivity index (χ4n) is 2.11. The molecule has 0 radical (unpaired) electrons. The lowest BCUT2D eigenvalue weighted by Crippen LogP contribution is -2.40. The van der Waals surface area contributed by atoms with E-state index in [9.17, 15) is 9.90 Å². The van der Waals surface area contributed by atoms with E-state index in [1.807, 2.05) is 25.7 Å². The van der Waals surface area contributed by atoms with Gasteiger partial charge in [0.2, 0.25) is 5.91 Å². The van der Waals surface area contributed by atoms with Crippen LogP contribution in [0.25, 0.3) is 0 Å². The lowest BCUT2D eigenvalue weighted by molar-refractivity contribution is -0.138. The molecule has 0 aromatic rings. The van der Waals surface area contributed by atoms with Gasteiger partial charge in [0, 0.05) is 23.9 Å². The number of likely N-dealkylation sites (tertiary alicyclic amines) is 1. The number of nitrogens with zero attached hydrogens (tertiary/aromatic N) is 1. The van der Waals surface area contributed by atoms with Crippen molar-refractivity contribution in [3.63, 3.8) is 0 Å². The van der Waals surface area contributed by atoms with Crippen LogP contribution in [-0.4, -0.2) is 35.6 Å². The zero-order valence-corrected chi connectivity index (χ0v) is 10.3. The molecule has 3 nitrogen and oxygen atoms in total. The third-order valence-electron chi connectivity index (χ3n) is 3.45. The predicted molar refractivity (Wildman–Crippen MR) is 60.5 cm³/mol. The highest BCUT2D eigenvalue weighted by atomic mass is 16.3. The first kappa shape index (κ1) is 12.5. The molecule has 3 heteroatoms. The van der Waals surface area contributed by atoms with Gasteiger partial charge in [0.05, 0.1) is 6.61 Å². The standard InChI is InChI=1S/C12H23NO2/c1-5-12(9-14)6-7-13(8-12)10(15)11(2,3)4/h14H,5-9H2,1-4H3. The third kappa shape index (κ3) is 2.51. The van der Waals surface area contributed by atoms with Gasteiger partial charge in [0.1, 0.15) is 0 Å². The van der Waals surface area contributed by atoms with Crippen molar-refractivity contribution in [3.05, 3.63) is 0 Å². The Morgan fingerprint density at radius 2 is 2.07 bits per heavy atom. The number of carbonyl (C=O) groups excluding carboxylic acids is 1. The minimum Gasteiger partial charge on any atom is -0.396 e. The van der Waals surface area contributed by atoms with Gasteiger partial charge in [-0.25, -0.2) is 0 Å². The van der Waals surface area contributed by atoms with Crippen LogP contribution < -0.4 is 0 Å². The molecule has 1 saturated heterocycles. The van der Waals surface area contributed by atoms with Gasteiger partial charge in [-0.15, -0.1) is 0 Å². The Bertz CT molecular complexity index is 238. The summed E-state index contributed by atoms with van der Waals surface area (Å²) in [6.45, 7) is 9.62. The molecule has 1 rings (SSSR count). The molecule has 0 aliphatic carbocycles. The maximum atomic E-state index is 12.0. The zero-order valence-electron chi connectivity index (χ0n) is 10.3. The molecule has 1 atom stereocenters. The van der Waals surface area contributed by atoms with Gasteiger partial charge in [-0.05, 0) is 12.8 Å². The molecule has 1 unspecified atom stereocenters. The summed E-state index contributed by atoms with van der Waals surface area (Å²) < 4.78 is 0. The van der Waals surface area contributed by atoms with Crippen molar-refractivity contribution in [1.29, 1.82) is 0 Å². The van der Waals surface area contributed by atoms with Crippen LogP contribution in [0.4, 0.5) is 0 Å². The van der Waals surface area contributed by atoms with Crippen molar-refractivity contribution in [2.45, 2.75) is 40.5 Å². The first-order chi connectivity index (χ1) is 6.84. The van der Waals surface area contributed by atoms with Crippen molar-refractivity contribution < 1.29 is 9.90 Å². The summed E-state index contributed by atoms with van der Waals surface area (Å²) in [5.41, 5.74) is -0.347. The van der Waals surface area contributed by atoms with Crippen molar-refractivity contribution in [3.8, 4) is 0 Å². The molecule has 0 aromatic carbocycles. The molecule has 1 N–H and O–H groups in total. The average Bonchev–Trinajstić information content (AvgIpc) is 2.60. The second kappa shape index (κ2) is 4.12. The van der Waals surface area contributed by atoms with Crippen LogP contribution in [0, 0.1) is 10.8 Å². The number of hydrogen-bond acceptors (Lipinski definition) is 2. The first-order valence-corrected chi connectivity index (χ1v) is 5.75. The van der Waals surface area contributed by atoms with E-state index < -0.39 is 0 Å². The Hall–Kier alpha value is -0.570. The lowest BCUT2D eigenvalue weighted by atomic mass is 9.85. The van der Waals surface area contributed by atoms with E-state index in [4.69, 9.17) is 0 Å². The molecule has 0 spiro atoms. The Morgan fingerprint density at radius 3 is 2.40 bits per heavy atom. The van der Waals surface area contributed by atoms with E-state index in [1.54, 1.807) is 0 Å². The summed E-state index contributed by atoms with van der Waals surface area (Å²) >= 11 is 0. The van der Waals surface area contributed by atoms with Crippen LogP contribution in [0.3, 0.4) is 0 Å². The SMILES string of the molecule is CCC1(CO)CCN(C(=O)C(C)(C)C)C1. The first-order valence-electron chi connectivity index (χ1n) is 5.75. The molecule has 0 saturated carbocycles. The predicted octanol–water partition coefficient (Wildman–Crippen LogP) is 1.65. The summed E-state index contributed by atoms with van der Waals surface area (Å²) in [7, 11) is 0. The number of carbonyl (C=O) groups is 1. The molecule has 1 aliphatic rings. The van der Waals surface area contributed by atoms with Gasteiger partial charge in [-0.3, -0.25) is 4.79 Å². The summed E-state index contributed by atoms with van der Waals surface area (Å²) in [4.78, 5) is 13.9.